The number of nitrogens with zero attached hydrogens (tertiary/aromatic N) is 4. The fraction of sp³-hybridized carbons (Fsp3) is 0. The summed E-state index contributed by atoms with van der Waals surface area (Å²) in [4.78, 5) is 19.7. The summed E-state index contributed by atoms with van der Waals surface area (Å²) in [5.41, 5.74) is 6.34. The van der Waals surface area contributed by atoms with Crippen LogP contribution in [0.3, 0.4) is 0 Å². The minimum Gasteiger partial charge on any atom is -0.264 e. The summed E-state index contributed by atoms with van der Waals surface area (Å²) >= 11 is 0. The molecular weight excluding hydrogens is 705 g/mol. The van der Waals surface area contributed by atoms with Crippen LogP contribution in [0.2, 0.25) is 0 Å². The van der Waals surface area contributed by atoms with Gasteiger partial charge in [0, 0.05) is 40.8 Å². The van der Waals surface area contributed by atoms with E-state index in [0.717, 1.165) is 55.5 Å². The topological polar surface area (TPSA) is 51.6 Å². The molecule has 58 heavy (non-hydrogen) atoms. The molecule has 0 aliphatic heterocycles. The maximum Gasteiger partial charge on any atom is 0.160 e. The number of pyridine rings is 2. The lowest BCUT2D eigenvalue weighted by Gasteiger charge is -2.13. The van der Waals surface area contributed by atoms with Gasteiger partial charge in [0.25, 0.3) is 0 Å². The standard InChI is InChI=1S/C54H34N4/c1-2-14-36(15-3-1)51-32-52(39-26-29-50(56-34-39)38-16-12-30-55-33-38)58-54(57-51)37-25-27-46-44-21-9-7-19-42(44)41-18-6-8-20-43(41)45-22-10-11-23-47(45)53-40-17-5-4-13-35(40)24-28-48(53)49(46)31-37/h1-34H. The van der Waals surface area contributed by atoms with Gasteiger partial charge in [0.05, 0.1) is 17.1 Å². The highest BCUT2D eigenvalue weighted by atomic mass is 14.9. The van der Waals surface area contributed by atoms with Crippen LogP contribution in [0, 0.1) is 0 Å². The summed E-state index contributed by atoms with van der Waals surface area (Å²) in [7, 11) is 0. The van der Waals surface area contributed by atoms with Crippen LogP contribution in [0.5, 0.6) is 0 Å². The molecule has 3 aromatic heterocycles. The van der Waals surface area contributed by atoms with Crippen LogP contribution in [0.4, 0.5) is 0 Å². The van der Waals surface area contributed by atoms with Crippen LogP contribution < -0.4 is 0 Å². The average molecular weight is 739 g/mol. The van der Waals surface area contributed by atoms with Gasteiger partial charge in [-0.05, 0) is 101 Å². The van der Waals surface area contributed by atoms with E-state index in [4.69, 9.17) is 15.0 Å². The van der Waals surface area contributed by atoms with Gasteiger partial charge >= 0.3 is 0 Å². The zero-order valence-corrected chi connectivity index (χ0v) is 31.4. The molecule has 0 bridgehead atoms. The second-order valence-electron chi connectivity index (χ2n) is 14.6. The zero-order chi connectivity index (χ0) is 38.4. The lowest BCUT2D eigenvalue weighted by atomic mass is 9.91. The van der Waals surface area contributed by atoms with E-state index >= 15 is 0 Å². The van der Waals surface area contributed by atoms with Crippen molar-refractivity contribution in [1.29, 1.82) is 0 Å². The minimum atomic E-state index is 0.647. The van der Waals surface area contributed by atoms with Crippen LogP contribution in [0.15, 0.2) is 207 Å². The molecule has 0 amide bonds. The molecule has 4 heteroatoms. The summed E-state index contributed by atoms with van der Waals surface area (Å²) in [6.45, 7) is 0. The Kier molecular flexibility index (Phi) is 8.11. The van der Waals surface area contributed by atoms with E-state index in [1.165, 1.54) is 48.5 Å². The average Bonchev–Trinajstić information content (AvgIpc) is 3.31. The number of rotatable bonds is 4. The van der Waals surface area contributed by atoms with Gasteiger partial charge < -0.3 is 0 Å². The number of aromatic nitrogens is 4. The van der Waals surface area contributed by atoms with Gasteiger partial charge in [-0.2, -0.15) is 0 Å². The van der Waals surface area contributed by atoms with Gasteiger partial charge in [-0.3, -0.25) is 9.97 Å². The number of fused-ring (bicyclic) bond motifs is 12. The fourth-order valence-electron chi connectivity index (χ4n) is 8.48. The molecule has 0 radical (unpaired) electrons. The van der Waals surface area contributed by atoms with Crippen LogP contribution in [-0.4, -0.2) is 19.9 Å². The third-order valence-electron chi connectivity index (χ3n) is 11.2. The van der Waals surface area contributed by atoms with Crippen LogP contribution in [-0.2, 0) is 0 Å². The smallest absolute Gasteiger partial charge is 0.160 e. The molecule has 4 nitrogen and oxygen atoms in total. The molecule has 0 aliphatic rings. The molecule has 0 spiro atoms. The SMILES string of the molecule is c1ccc(-c2cc(-c3ccc(-c4cccnc4)nc3)nc(-c3ccc4c5ccccc5c5ccccc5c5ccccc5c5c6ccccc6ccc5c4c3)n2)cc1. The largest absolute Gasteiger partial charge is 0.264 e. The first-order chi connectivity index (χ1) is 28.8. The summed E-state index contributed by atoms with van der Waals surface area (Å²) < 4.78 is 0. The van der Waals surface area contributed by atoms with Crippen molar-refractivity contribution >= 4 is 64.6 Å². The van der Waals surface area contributed by atoms with E-state index in [9.17, 15) is 0 Å². The molecular formula is C54H34N4. The van der Waals surface area contributed by atoms with Crippen molar-refractivity contribution < 1.29 is 0 Å². The lowest BCUT2D eigenvalue weighted by molar-refractivity contribution is 1.18. The Hall–Kier alpha value is -7.82. The molecule has 0 aliphatic carbocycles. The van der Waals surface area contributed by atoms with Crippen LogP contribution >= 0.6 is 0 Å². The number of hydrogen-bond acceptors (Lipinski definition) is 4. The summed E-state index contributed by atoms with van der Waals surface area (Å²) in [6.07, 6.45) is 5.50. The monoisotopic (exact) mass is 738 g/mol. The van der Waals surface area contributed by atoms with Gasteiger partial charge in [-0.15, -0.1) is 0 Å². The predicted molar refractivity (Wildman–Crippen MR) is 242 cm³/mol. The first-order valence-electron chi connectivity index (χ1n) is 19.5. The minimum absolute atomic E-state index is 0.647. The van der Waals surface area contributed by atoms with E-state index in [0.29, 0.717) is 5.82 Å². The zero-order valence-electron chi connectivity index (χ0n) is 31.4. The first kappa shape index (κ1) is 33.5. The fourth-order valence-corrected chi connectivity index (χ4v) is 8.48. The molecule has 270 valence electrons. The Morgan fingerprint density at radius 2 is 0.810 bits per heavy atom. The highest BCUT2D eigenvalue weighted by Gasteiger charge is 2.15. The molecule has 0 fully saturated rings. The van der Waals surface area contributed by atoms with E-state index in [-0.39, 0.29) is 0 Å². The molecule has 3 heterocycles. The molecule has 11 aromatic rings. The van der Waals surface area contributed by atoms with Gasteiger partial charge in [0.15, 0.2) is 5.82 Å². The maximum atomic E-state index is 5.28. The molecule has 8 aromatic carbocycles. The van der Waals surface area contributed by atoms with E-state index in [1.54, 1.807) is 6.20 Å². The Morgan fingerprint density at radius 1 is 0.293 bits per heavy atom. The van der Waals surface area contributed by atoms with Crippen molar-refractivity contribution in [3.05, 3.63) is 207 Å². The van der Waals surface area contributed by atoms with E-state index < -0.39 is 0 Å². The van der Waals surface area contributed by atoms with E-state index in [2.05, 4.69) is 157 Å². The Labute approximate surface area is 335 Å². The summed E-state index contributed by atoms with van der Waals surface area (Å²) in [6, 6.07) is 66.9. The lowest BCUT2D eigenvalue weighted by Crippen LogP contribution is -1.96. The predicted octanol–water partition coefficient (Wildman–Crippen LogP) is 14.0. The number of hydrogen-bond donors (Lipinski definition) is 0. The molecule has 0 atom stereocenters. The quantitative estimate of drug-likeness (QED) is 0.180. The summed E-state index contributed by atoms with van der Waals surface area (Å²) in [5.74, 6) is 0.647. The van der Waals surface area contributed by atoms with Crippen LogP contribution in [0.25, 0.3) is 110 Å². The first-order valence-corrected chi connectivity index (χ1v) is 19.5. The van der Waals surface area contributed by atoms with Gasteiger partial charge in [-0.25, -0.2) is 9.97 Å². The normalized spacial score (nSPS) is 11.4. The second kappa shape index (κ2) is 14.0. The Balaban J connectivity index is 1.25. The molecule has 0 N–H and O–H groups in total. The van der Waals surface area contributed by atoms with Crippen molar-refractivity contribution in [2.75, 3.05) is 0 Å². The van der Waals surface area contributed by atoms with Crippen molar-refractivity contribution in [3.8, 4) is 45.2 Å². The van der Waals surface area contributed by atoms with Crippen LogP contribution in [0.1, 0.15) is 0 Å². The van der Waals surface area contributed by atoms with Crippen molar-refractivity contribution in [1.82, 2.24) is 19.9 Å². The van der Waals surface area contributed by atoms with Crippen molar-refractivity contribution in [2.24, 2.45) is 0 Å². The van der Waals surface area contributed by atoms with Crippen molar-refractivity contribution in [2.45, 2.75) is 0 Å². The van der Waals surface area contributed by atoms with Gasteiger partial charge in [0.1, 0.15) is 0 Å². The Bertz CT molecular complexity index is 3430. The molecule has 0 saturated carbocycles. The third-order valence-corrected chi connectivity index (χ3v) is 11.2. The van der Waals surface area contributed by atoms with E-state index in [1.807, 2.05) is 48.8 Å². The molecule has 11 rings (SSSR count). The number of benzene rings is 7. The Morgan fingerprint density at radius 3 is 1.47 bits per heavy atom. The highest BCUT2D eigenvalue weighted by Crippen LogP contribution is 2.40. The maximum absolute atomic E-state index is 5.28. The third kappa shape index (κ3) is 5.78. The summed E-state index contributed by atoms with van der Waals surface area (Å²) in [5, 5.41) is 14.2. The van der Waals surface area contributed by atoms with Gasteiger partial charge in [0.2, 0.25) is 0 Å². The second-order valence-corrected chi connectivity index (χ2v) is 14.6. The highest BCUT2D eigenvalue weighted by molar-refractivity contribution is 6.30. The van der Waals surface area contributed by atoms with Gasteiger partial charge in [-0.1, -0.05) is 152 Å². The van der Waals surface area contributed by atoms with Crippen molar-refractivity contribution in [3.63, 3.8) is 0 Å². The molecule has 0 unspecified atom stereocenters. The molecule has 0 saturated heterocycles.